The molecule has 0 aliphatic carbocycles. The number of hydrogen-bond acceptors (Lipinski definition) is 5. The Hall–Kier alpha value is -1.08. The van der Waals surface area contributed by atoms with Gasteiger partial charge in [0.2, 0.25) is 0 Å². The number of hydrogen-bond donors (Lipinski definition) is 0. The minimum atomic E-state index is -3.26. The molecule has 1 aromatic heterocycles. The predicted molar refractivity (Wildman–Crippen MR) is 85.6 cm³/mol. The van der Waals surface area contributed by atoms with Crippen LogP contribution in [-0.2, 0) is 14.6 Å². The van der Waals surface area contributed by atoms with Gasteiger partial charge in [-0.3, -0.25) is 0 Å². The minimum Gasteiger partial charge on any atom is -0.454 e. The van der Waals surface area contributed by atoms with Crippen LogP contribution in [0.1, 0.15) is 28.4 Å². The largest absolute Gasteiger partial charge is 0.454 e. The first-order valence-corrected chi connectivity index (χ1v) is 9.63. The topological polar surface area (TPSA) is 60.4 Å². The van der Waals surface area contributed by atoms with Gasteiger partial charge in [0.15, 0.2) is 9.84 Å². The lowest BCUT2D eigenvalue weighted by molar-refractivity contribution is 0.0280. The van der Waals surface area contributed by atoms with E-state index in [-0.39, 0.29) is 27.0 Å². The van der Waals surface area contributed by atoms with E-state index in [2.05, 4.69) is 0 Å². The van der Waals surface area contributed by atoms with Crippen LogP contribution in [0.5, 0.6) is 0 Å². The SMILES string of the molecule is O=C(OC1CCS(=O)(=O)c2sccc21)c1ccc(Cl)cc1Cl. The van der Waals surface area contributed by atoms with Gasteiger partial charge in [0.1, 0.15) is 10.3 Å². The van der Waals surface area contributed by atoms with Crippen molar-refractivity contribution >= 4 is 50.3 Å². The van der Waals surface area contributed by atoms with Crippen molar-refractivity contribution < 1.29 is 17.9 Å². The fraction of sp³-hybridized carbons (Fsp3) is 0.214. The molecule has 0 saturated heterocycles. The molecule has 0 fully saturated rings. The molecule has 0 radical (unpaired) electrons. The molecule has 0 amide bonds. The molecular formula is C14H10Cl2O4S2. The maximum atomic E-state index is 12.2. The maximum Gasteiger partial charge on any atom is 0.340 e. The van der Waals surface area contributed by atoms with Gasteiger partial charge in [-0.05, 0) is 29.6 Å². The summed E-state index contributed by atoms with van der Waals surface area (Å²) in [7, 11) is -3.26. The summed E-state index contributed by atoms with van der Waals surface area (Å²) in [4.78, 5) is 12.2. The summed E-state index contributed by atoms with van der Waals surface area (Å²) in [5.74, 6) is -0.629. The molecule has 1 aliphatic rings. The second-order valence-corrected chi connectivity index (χ2v) is 8.85. The fourth-order valence-electron chi connectivity index (χ4n) is 2.28. The number of halogens is 2. The summed E-state index contributed by atoms with van der Waals surface area (Å²) >= 11 is 12.9. The van der Waals surface area contributed by atoms with Crippen molar-refractivity contribution in [2.45, 2.75) is 16.7 Å². The number of esters is 1. The predicted octanol–water partition coefficient (Wildman–Crippen LogP) is 4.13. The monoisotopic (exact) mass is 376 g/mol. The Labute approximate surface area is 141 Å². The lowest BCUT2D eigenvalue weighted by Crippen LogP contribution is -2.22. The number of fused-ring (bicyclic) bond motifs is 1. The molecule has 0 saturated carbocycles. The van der Waals surface area contributed by atoms with Crippen molar-refractivity contribution in [1.29, 1.82) is 0 Å². The number of carbonyl (C=O) groups is 1. The van der Waals surface area contributed by atoms with Gasteiger partial charge in [0, 0.05) is 17.0 Å². The smallest absolute Gasteiger partial charge is 0.340 e. The third-order valence-corrected chi connectivity index (χ3v) is 7.23. The molecule has 3 rings (SSSR count). The highest BCUT2D eigenvalue weighted by Crippen LogP contribution is 2.38. The summed E-state index contributed by atoms with van der Waals surface area (Å²) < 4.78 is 29.7. The van der Waals surface area contributed by atoms with E-state index in [0.29, 0.717) is 10.6 Å². The Bertz CT molecular complexity index is 842. The first kappa shape index (κ1) is 15.8. The summed E-state index contributed by atoms with van der Waals surface area (Å²) in [5, 5.41) is 2.31. The quantitative estimate of drug-likeness (QED) is 0.739. The van der Waals surface area contributed by atoms with E-state index in [4.69, 9.17) is 27.9 Å². The number of rotatable bonds is 2. The highest BCUT2D eigenvalue weighted by Gasteiger charge is 2.34. The Balaban J connectivity index is 1.87. The lowest BCUT2D eigenvalue weighted by atomic mass is 10.1. The molecular weight excluding hydrogens is 367 g/mol. The number of thiophene rings is 1. The van der Waals surface area contributed by atoms with E-state index in [1.807, 2.05) is 0 Å². The van der Waals surface area contributed by atoms with Gasteiger partial charge in [-0.15, -0.1) is 11.3 Å². The van der Waals surface area contributed by atoms with E-state index in [1.165, 1.54) is 12.1 Å². The van der Waals surface area contributed by atoms with Crippen LogP contribution in [0.4, 0.5) is 0 Å². The zero-order valence-corrected chi connectivity index (χ0v) is 14.2. The Kier molecular flexibility index (Phi) is 4.20. The van der Waals surface area contributed by atoms with Crippen LogP contribution in [0.2, 0.25) is 10.0 Å². The van der Waals surface area contributed by atoms with Crippen LogP contribution >= 0.6 is 34.5 Å². The van der Waals surface area contributed by atoms with E-state index in [9.17, 15) is 13.2 Å². The lowest BCUT2D eigenvalue weighted by Gasteiger charge is -2.23. The van der Waals surface area contributed by atoms with Gasteiger partial charge in [-0.1, -0.05) is 23.2 Å². The van der Waals surface area contributed by atoms with E-state index in [1.54, 1.807) is 17.5 Å². The average molecular weight is 377 g/mol. The van der Waals surface area contributed by atoms with Crippen LogP contribution in [0.25, 0.3) is 0 Å². The van der Waals surface area contributed by atoms with Gasteiger partial charge >= 0.3 is 5.97 Å². The maximum absolute atomic E-state index is 12.2. The molecule has 8 heteroatoms. The fourth-order valence-corrected chi connectivity index (χ4v) is 5.71. The number of ether oxygens (including phenoxy) is 1. The molecule has 2 heterocycles. The van der Waals surface area contributed by atoms with E-state index in [0.717, 1.165) is 11.3 Å². The molecule has 1 aliphatic heterocycles. The summed E-state index contributed by atoms with van der Waals surface area (Å²) in [5.41, 5.74) is 0.742. The number of carbonyl (C=O) groups excluding carboxylic acids is 1. The van der Waals surface area contributed by atoms with Gasteiger partial charge in [-0.25, -0.2) is 13.2 Å². The first-order valence-electron chi connectivity index (χ1n) is 6.34. The second-order valence-electron chi connectivity index (χ2n) is 4.79. The molecule has 0 spiro atoms. The van der Waals surface area contributed by atoms with Crippen molar-refractivity contribution in [3.63, 3.8) is 0 Å². The zero-order valence-electron chi connectivity index (χ0n) is 11.1. The molecule has 116 valence electrons. The molecule has 1 unspecified atom stereocenters. The van der Waals surface area contributed by atoms with Crippen molar-refractivity contribution in [3.8, 4) is 0 Å². The van der Waals surface area contributed by atoms with Crippen molar-refractivity contribution in [2.75, 3.05) is 5.75 Å². The molecule has 1 atom stereocenters. The van der Waals surface area contributed by atoms with Crippen molar-refractivity contribution in [3.05, 3.63) is 50.8 Å². The Morgan fingerprint density at radius 3 is 2.77 bits per heavy atom. The summed E-state index contributed by atoms with van der Waals surface area (Å²) in [6.07, 6.45) is -0.341. The third kappa shape index (κ3) is 2.88. The van der Waals surface area contributed by atoms with Crippen LogP contribution in [0.15, 0.2) is 33.9 Å². The molecule has 4 nitrogen and oxygen atoms in total. The average Bonchev–Trinajstić information content (AvgIpc) is 2.93. The zero-order chi connectivity index (χ0) is 15.9. The van der Waals surface area contributed by atoms with Gasteiger partial charge in [0.05, 0.1) is 16.3 Å². The molecule has 0 N–H and O–H groups in total. The first-order chi connectivity index (χ1) is 10.4. The third-order valence-electron chi connectivity index (χ3n) is 3.34. The molecule has 0 bridgehead atoms. The van der Waals surface area contributed by atoms with Crippen molar-refractivity contribution in [1.82, 2.24) is 0 Å². The van der Waals surface area contributed by atoms with Gasteiger partial charge < -0.3 is 4.74 Å². The molecule has 1 aromatic carbocycles. The summed E-state index contributed by atoms with van der Waals surface area (Å²) in [6.45, 7) is 0. The Morgan fingerprint density at radius 1 is 1.27 bits per heavy atom. The highest BCUT2D eigenvalue weighted by molar-refractivity contribution is 7.93. The van der Waals surface area contributed by atoms with E-state index >= 15 is 0 Å². The minimum absolute atomic E-state index is 0.0349. The van der Waals surface area contributed by atoms with Gasteiger partial charge in [0.25, 0.3) is 0 Å². The summed E-state index contributed by atoms with van der Waals surface area (Å²) in [6, 6.07) is 6.17. The normalized spacial score (nSPS) is 19.5. The van der Waals surface area contributed by atoms with Crippen molar-refractivity contribution in [2.24, 2.45) is 0 Å². The number of benzene rings is 1. The van der Waals surface area contributed by atoms with Crippen LogP contribution in [0, 0.1) is 0 Å². The highest BCUT2D eigenvalue weighted by atomic mass is 35.5. The van der Waals surface area contributed by atoms with Crippen LogP contribution in [-0.4, -0.2) is 20.1 Å². The molecule has 2 aromatic rings. The Morgan fingerprint density at radius 2 is 2.05 bits per heavy atom. The second kappa shape index (κ2) is 5.85. The van der Waals surface area contributed by atoms with Crippen LogP contribution < -0.4 is 0 Å². The van der Waals surface area contributed by atoms with Gasteiger partial charge in [-0.2, -0.15) is 0 Å². The molecule has 22 heavy (non-hydrogen) atoms. The standard InChI is InChI=1S/C14H10Cl2O4S2/c15-8-1-2-9(11(16)7-8)13(17)20-12-4-6-22(18,19)14-10(12)3-5-21-14/h1-3,5,7,12H,4,6H2. The number of sulfone groups is 1. The van der Waals surface area contributed by atoms with Crippen LogP contribution in [0.3, 0.4) is 0 Å². The van der Waals surface area contributed by atoms with E-state index < -0.39 is 21.9 Å².